The number of likely N-dealkylation sites (N-methyl/N-ethyl adjacent to an activating group) is 1. The van der Waals surface area contributed by atoms with Gasteiger partial charge in [-0.05, 0) is 43.2 Å². The first kappa shape index (κ1) is 16.4. The molecule has 0 radical (unpaired) electrons. The Kier molecular flexibility index (Phi) is 3.93. The van der Waals surface area contributed by atoms with Gasteiger partial charge in [-0.1, -0.05) is 18.2 Å². The first-order valence-electron chi connectivity index (χ1n) is 8.90. The molecule has 2 heterocycles. The molecule has 2 aliphatic rings. The Morgan fingerprint density at radius 3 is 2.96 bits per heavy atom. The van der Waals surface area contributed by atoms with Gasteiger partial charge in [-0.2, -0.15) is 0 Å². The van der Waals surface area contributed by atoms with Crippen LogP contribution in [0.1, 0.15) is 18.1 Å². The number of hydrogen-bond acceptors (Lipinski definition) is 3. The van der Waals surface area contributed by atoms with Crippen molar-refractivity contribution in [2.24, 2.45) is 13.0 Å². The zero-order valence-electron chi connectivity index (χ0n) is 15.0. The average Bonchev–Trinajstić information content (AvgIpc) is 2.93. The predicted molar refractivity (Wildman–Crippen MR) is 99.2 cm³/mol. The van der Waals surface area contributed by atoms with Gasteiger partial charge in [-0.25, -0.2) is 0 Å². The minimum atomic E-state index is -0.218. The number of fused-ring (bicyclic) bond motifs is 2. The molecule has 2 N–H and O–H groups in total. The maximum absolute atomic E-state index is 12.6. The van der Waals surface area contributed by atoms with Crippen molar-refractivity contribution in [3.63, 3.8) is 0 Å². The number of rotatable bonds is 3. The zero-order valence-corrected chi connectivity index (χ0v) is 15.0. The third kappa shape index (κ3) is 2.58. The first-order valence-corrected chi connectivity index (χ1v) is 8.90. The minimum Gasteiger partial charge on any atom is -0.394 e. The van der Waals surface area contributed by atoms with Gasteiger partial charge in [0.15, 0.2) is 0 Å². The standard InChI is InChI=1S/C20H25N3O2/c1-12(11-24)21-20(25)14-7-16-15-5-4-6-17-19(15)13(9-22(17)2)8-18(16)23(3)10-14/h4-7,9,12,14,18,24H,8,10-11H2,1-3H3,(H,21,25)/t12?,14-,18-/m0/s1. The van der Waals surface area contributed by atoms with Crippen LogP contribution in [0.4, 0.5) is 0 Å². The number of nitrogens with zero attached hydrogens (tertiary/aromatic N) is 2. The summed E-state index contributed by atoms with van der Waals surface area (Å²) in [6.07, 6.45) is 5.37. The molecule has 3 atom stereocenters. The molecule has 1 aliphatic carbocycles. The maximum Gasteiger partial charge on any atom is 0.228 e. The molecule has 1 aromatic carbocycles. The van der Waals surface area contributed by atoms with E-state index in [0.717, 1.165) is 6.42 Å². The Hall–Kier alpha value is -2.11. The number of carbonyl (C=O) groups excluding carboxylic acids is 1. The summed E-state index contributed by atoms with van der Waals surface area (Å²) in [4.78, 5) is 14.9. The highest BCUT2D eigenvalue weighted by Crippen LogP contribution is 2.41. The Morgan fingerprint density at radius 2 is 2.20 bits per heavy atom. The molecule has 1 amide bonds. The van der Waals surface area contributed by atoms with Crippen LogP contribution in [0.25, 0.3) is 16.5 Å². The Bertz CT molecular complexity index is 867. The van der Waals surface area contributed by atoms with Gasteiger partial charge < -0.3 is 15.0 Å². The zero-order chi connectivity index (χ0) is 17.7. The van der Waals surface area contributed by atoms with Gasteiger partial charge in [-0.15, -0.1) is 0 Å². The molecule has 5 heteroatoms. The molecule has 0 spiro atoms. The Balaban J connectivity index is 1.77. The second-order valence-corrected chi connectivity index (χ2v) is 7.45. The fourth-order valence-electron chi connectivity index (χ4n) is 4.29. The van der Waals surface area contributed by atoms with E-state index in [4.69, 9.17) is 0 Å². The van der Waals surface area contributed by atoms with E-state index in [2.05, 4.69) is 59.4 Å². The molecular weight excluding hydrogens is 314 g/mol. The third-order valence-electron chi connectivity index (χ3n) is 5.57. The van der Waals surface area contributed by atoms with E-state index in [1.807, 2.05) is 6.92 Å². The van der Waals surface area contributed by atoms with Gasteiger partial charge >= 0.3 is 0 Å². The summed E-state index contributed by atoms with van der Waals surface area (Å²) in [5, 5.41) is 13.4. The third-order valence-corrected chi connectivity index (χ3v) is 5.57. The summed E-state index contributed by atoms with van der Waals surface area (Å²) >= 11 is 0. The second-order valence-electron chi connectivity index (χ2n) is 7.45. The van der Waals surface area contributed by atoms with Crippen LogP contribution < -0.4 is 5.32 Å². The fraction of sp³-hybridized carbons (Fsp3) is 0.450. The Labute approximate surface area is 147 Å². The van der Waals surface area contributed by atoms with Gasteiger partial charge in [0.25, 0.3) is 0 Å². The summed E-state index contributed by atoms with van der Waals surface area (Å²) in [5.74, 6) is -0.198. The van der Waals surface area contributed by atoms with Crippen molar-refractivity contribution < 1.29 is 9.90 Å². The summed E-state index contributed by atoms with van der Waals surface area (Å²) in [6, 6.07) is 6.53. The SMILES string of the molecule is CC(CO)NC(=O)[C@H]1C=C2c3cccc4c3c(cn4C)C[C@@H]2N(C)C1. The molecule has 132 valence electrons. The van der Waals surface area contributed by atoms with Crippen molar-refractivity contribution in [1.82, 2.24) is 14.8 Å². The predicted octanol–water partition coefficient (Wildman–Crippen LogP) is 1.55. The van der Waals surface area contributed by atoms with E-state index in [1.165, 1.54) is 27.6 Å². The normalized spacial score (nSPS) is 23.9. The number of carbonyl (C=O) groups is 1. The van der Waals surface area contributed by atoms with Gasteiger partial charge in [0.05, 0.1) is 12.5 Å². The molecule has 0 bridgehead atoms. The molecule has 25 heavy (non-hydrogen) atoms. The molecule has 1 aliphatic heterocycles. The highest BCUT2D eigenvalue weighted by Gasteiger charge is 2.36. The van der Waals surface area contributed by atoms with Crippen LogP contribution in [0.2, 0.25) is 0 Å². The number of amides is 1. The lowest BCUT2D eigenvalue weighted by Crippen LogP contribution is -2.48. The molecule has 1 unspecified atom stereocenters. The van der Waals surface area contributed by atoms with Crippen LogP contribution in [0.15, 0.2) is 30.5 Å². The monoisotopic (exact) mass is 339 g/mol. The second kappa shape index (κ2) is 6.00. The number of aryl methyl sites for hydroxylation is 1. The van der Waals surface area contributed by atoms with Crippen LogP contribution in [-0.4, -0.2) is 52.8 Å². The van der Waals surface area contributed by atoms with E-state index in [1.54, 1.807) is 0 Å². The number of aliphatic hydroxyl groups excluding tert-OH is 1. The van der Waals surface area contributed by atoms with Crippen LogP contribution in [0, 0.1) is 5.92 Å². The number of nitrogens with one attached hydrogen (secondary N) is 1. The highest BCUT2D eigenvalue weighted by atomic mass is 16.3. The molecule has 2 aromatic rings. The van der Waals surface area contributed by atoms with Crippen LogP contribution in [-0.2, 0) is 18.3 Å². The average molecular weight is 339 g/mol. The summed E-state index contributed by atoms with van der Waals surface area (Å²) < 4.78 is 2.19. The van der Waals surface area contributed by atoms with Gasteiger partial charge in [0, 0.05) is 42.8 Å². The quantitative estimate of drug-likeness (QED) is 0.892. The van der Waals surface area contributed by atoms with Crippen molar-refractivity contribution in [2.75, 3.05) is 20.2 Å². The molecule has 5 nitrogen and oxygen atoms in total. The molecule has 0 fully saturated rings. The summed E-state index contributed by atoms with van der Waals surface area (Å²) in [5.41, 5.74) is 5.15. The largest absolute Gasteiger partial charge is 0.394 e. The molecule has 1 aromatic heterocycles. The van der Waals surface area contributed by atoms with E-state index in [9.17, 15) is 9.90 Å². The summed E-state index contributed by atoms with van der Waals surface area (Å²) in [6.45, 7) is 2.48. The van der Waals surface area contributed by atoms with Gasteiger partial charge in [0.2, 0.25) is 5.91 Å². The number of hydrogen-bond donors (Lipinski definition) is 2. The van der Waals surface area contributed by atoms with E-state index in [0.29, 0.717) is 12.6 Å². The highest BCUT2D eigenvalue weighted by molar-refractivity contribution is 5.99. The number of benzene rings is 1. The van der Waals surface area contributed by atoms with Gasteiger partial charge in [0.1, 0.15) is 0 Å². The van der Waals surface area contributed by atoms with E-state index in [-0.39, 0.29) is 24.5 Å². The van der Waals surface area contributed by atoms with Crippen LogP contribution in [0.5, 0.6) is 0 Å². The number of aliphatic hydroxyl groups is 1. The molecule has 0 saturated heterocycles. The maximum atomic E-state index is 12.6. The van der Waals surface area contributed by atoms with Gasteiger partial charge in [-0.3, -0.25) is 9.69 Å². The summed E-state index contributed by atoms with van der Waals surface area (Å²) in [7, 11) is 4.19. The van der Waals surface area contributed by atoms with Crippen molar-refractivity contribution in [3.05, 3.63) is 41.6 Å². The van der Waals surface area contributed by atoms with Crippen LogP contribution in [0.3, 0.4) is 0 Å². The molecule has 0 saturated carbocycles. The lowest BCUT2D eigenvalue weighted by molar-refractivity contribution is -0.125. The van der Waals surface area contributed by atoms with Crippen molar-refractivity contribution in [2.45, 2.75) is 25.4 Å². The first-order chi connectivity index (χ1) is 12.0. The van der Waals surface area contributed by atoms with Crippen LogP contribution >= 0.6 is 0 Å². The van der Waals surface area contributed by atoms with Crippen molar-refractivity contribution in [3.8, 4) is 0 Å². The smallest absolute Gasteiger partial charge is 0.228 e. The number of aromatic nitrogens is 1. The van der Waals surface area contributed by atoms with E-state index >= 15 is 0 Å². The van der Waals surface area contributed by atoms with E-state index < -0.39 is 0 Å². The lowest BCUT2D eigenvalue weighted by Gasteiger charge is -2.39. The Morgan fingerprint density at radius 1 is 1.40 bits per heavy atom. The molecule has 4 rings (SSSR count). The minimum absolute atomic E-state index is 0.00890. The molecular formula is C20H25N3O2. The van der Waals surface area contributed by atoms with Crippen molar-refractivity contribution >= 4 is 22.4 Å². The topological polar surface area (TPSA) is 57.5 Å². The van der Waals surface area contributed by atoms with Crippen molar-refractivity contribution in [1.29, 1.82) is 0 Å². The lowest BCUT2D eigenvalue weighted by atomic mass is 9.80. The fourth-order valence-corrected chi connectivity index (χ4v) is 4.29.